The zero-order valence-electron chi connectivity index (χ0n) is 15.3. The second-order valence-electron chi connectivity index (χ2n) is 5.87. The van der Waals surface area contributed by atoms with E-state index in [2.05, 4.69) is 34.1 Å². The summed E-state index contributed by atoms with van der Waals surface area (Å²) in [6.45, 7) is 7.86. The Balaban J connectivity index is 1.83. The Labute approximate surface area is 156 Å². The number of benzene rings is 1. The van der Waals surface area contributed by atoms with Gasteiger partial charge in [-0.3, -0.25) is 10.1 Å². The highest BCUT2D eigenvalue weighted by molar-refractivity contribution is 5.81. The van der Waals surface area contributed by atoms with Crippen molar-refractivity contribution in [1.29, 1.82) is 0 Å². The monoisotopic (exact) mass is 370 g/mol. The Kier molecular flexibility index (Phi) is 5.82. The van der Waals surface area contributed by atoms with E-state index in [0.29, 0.717) is 11.7 Å². The molecule has 1 N–H and O–H groups in total. The van der Waals surface area contributed by atoms with E-state index >= 15 is 0 Å². The lowest BCUT2D eigenvalue weighted by Crippen LogP contribution is -2.29. The fraction of sp³-hybridized carbons (Fsp3) is 0.333. The molecule has 142 valence electrons. The van der Waals surface area contributed by atoms with Gasteiger partial charge >= 0.3 is 5.88 Å². The molecule has 0 amide bonds. The van der Waals surface area contributed by atoms with Crippen LogP contribution in [0.4, 0.5) is 11.8 Å². The molecular formula is C18H22N6O3. The van der Waals surface area contributed by atoms with Gasteiger partial charge in [0.1, 0.15) is 4.92 Å². The number of rotatable bonds is 9. The summed E-state index contributed by atoms with van der Waals surface area (Å²) in [5.74, 6) is 0.596. The minimum absolute atomic E-state index is 0.300. The Bertz CT molecular complexity index is 942. The van der Waals surface area contributed by atoms with E-state index in [4.69, 9.17) is 4.42 Å². The summed E-state index contributed by atoms with van der Waals surface area (Å²) in [6.07, 6.45) is 1.44. The number of imidazole rings is 1. The summed E-state index contributed by atoms with van der Waals surface area (Å²) in [5.41, 5.74) is 1.64. The molecule has 0 saturated heterocycles. The van der Waals surface area contributed by atoms with Crippen LogP contribution in [0.2, 0.25) is 0 Å². The van der Waals surface area contributed by atoms with Gasteiger partial charge in [-0.2, -0.15) is 9.78 Å². The number of furan rings is 1. The van der Waals surface area contributed by atoms with Gasteiger partial charge in [0.15, 0.2) is 5.76 Å². The molecule has 1 aromatic carbocycles. The second-order valence-corrected chi connectivity index (χ2v) is 5.87. The molecule has 3 rings (SSSR count). The molecule has 2 heterocycles. The summed E-state index contributed by atoms with van der Waals surface area (Å²) in [6, 6.07) is 10.5. The van der Waals surface area contributed by atoms with Crippen molar-refractivity contribution in [2.75, 3.05) is 31.5 Å². The zero-order valence-corrected chi connectivity index (χ0v) is 15.3. The fourth-order valence-corrected chi connectivity index (χ4v) is 2.73. The van der Waals surface area contributed by atoms with Crippen molar-refractivity contribution in [3.8, 4) is 0 Å². The number of para-hydroxylation sites is 2. The van der Waals surface area contributed by atoms with Gasteiger partial charge in [0.25, 0.3) is 0 Å². The van der Waals surface area contributed by atoms with Crippen molar-refractivity contribution in [1.82, 2.24) is 14.6 Å². The lowest BCUT2D eigenvalue weighted by atomic mass is 10.3. The van der Waals surface area contributed by atoms with Crippen LogP contribution in [0.25, 0.3) is 11.0 Å². The summed E-state index contributed by atoms with van der Waals surface area (Å²) in [5, 5.41) is 18.5. The van der Waals surface area contributed by atoms with E-state index in [1.807, 2.05) is 24.3 Å². The normalized spacial score (nSPS) is 11.7. The van der Waals surface area contributed by atoms with E-state index in [1.165, 1.54) is 18.3 Å². The summed E-state index contributed by atoms with van der Waals surface area (Å²) in [7, 11) is 0. The van der Waals surface area contributed by atoms with Crippen molar-refractivity contribution >= 4 is 29.1 Å². The number of aromatic nitrogens is 2. The van der Waals surface area contributed by atoms with Crippen LogP contribution in [0.5, 0.6) is 0 Å². The van der Waals surface area contributed by atoms with Crippen molar-refractivity contribution < 1.29 is 9.34 Å². The van der Waals surface area contributed by atoms with Crippen molar-refractivity contribution in [3.05, 3.63) is 52.3 Å². The smallest absolute Gasteiger partial charge is 0.400 e. The van der Waals surface area contributed by atoms with Crippen molar-refractivity contribution in [3.63, 3.8) is 0 Å². The maximum absolute atomic E-state index is 10.7. The molecule has 9 heteroatoms. The lowest BCUT2D eigenvalue weighted by Gasteiger charge is -2.18. The molecule has 9 nitrogen and oxygen atoms in total. The first kappa shape index (κ1) is 18.6. The third-order valence-corrected chi connectivity index (χ3v) is 4.24. The molecule has 0 spiro atoms. The maximum Gasteiger partial charge on any atom is 0.433 e. The SMILES string of the molecule is CCN(CC)CCNc1nc2ccccc2n1N=Cc1ccc([N+](=O)[O-])o1. The fourth-order valence-electron chi connectivity index (χ4n) is 2.73. The first-order chi connectivity index (χ1) is 13.1. The van der Waals surface area contributed by atoms with Crippen molar-refractivity contribution in [2.24, 2.45) is 5.10 Å². The molecule has 0 unspecified atom stereocenters. The molecule has 0 saturated carbocycles. The van der Waals surface area contributed by atoms with Crippen LogP contribution < -0.4 is 5.32 Å². The minimum atomic E-state index is -0.579. The first-order valence-corrected chi connectivity index (χ1v) is 8.84. The number of hydrogen-bond donors (Lipinski definition) is 1. The van der Waals surface area contributed by atoms with Gasteiger partial charge in [0, 0.05) is 13.1 Å². The second kappa shape index (κ2) is 8.45. The van der Waals surface area contributed by atoms with Crippen LogP contribution in [0.15, 0.2) is 45.9 Å². The van der Waals surface area contributed by atoms with E-state index in [1.54, 1.807) is 4.68 Å². The Hall–Kier alpha value is -3.20. The highest BCUT2D eigenvalue weighted by atomic mass is 16.6. The third kappa shape index (κ3) is 4.32. The van der Waals surface area contributed by atoms with Crippen LogP contribution in [0.3, 0.4) is 0 Å². The molecular weight excluding hydrogens is 348 g/mol. The molecule has 27 heavy (non-hydrogen) atoms. The Morgan fingerprint density at radius 2 is 2.07 bits per heavy atom. The molecule has 0 fully saturated rings. The quantitative estimate of drug-likeness (QED) is 0.353. The van der Waals surface area contributed by atoms with Crippen molar-refractivity contribution in [2.45, 2.75) is 13.8 Å². The standard InChI is InChI=1S/C18H22N6O3/c1-3-22(4-2)12-11-19-18-21-15-7-5-6-8-16(15)23(18)20-13-14-9-10-17(27-14)24(25)26/h5-10,13H,3-4,11-12H2,1-2H3,(H,19,21). The number of anilines is 1. The molecule has 0 aliphatic carbocycles. The topological polar surface area (TPSA) is 102 Å². The summed E-state index contributed by atoms with van der Waals surface area (Å²) in [4.78, 5) is 17.1. The van der Waals surface area contributed by atoms with Gasteiger partial charge < -0.3 is 14.6 Å². The average molecular weight is 370 g/mol. The Morgan fingerprint density at radius 1 is 1.30 bits per heavy atom. The van der Waals surface area contributed by atoms with E-state index in [9.17, 15) is 10.1 Å². The summed E-state index contributed by atoms with van der Waals surface area (Å²) >= 11 is 0. The van der Waals surface area contributed by atoms with Crippen LogP contribution in [-0.2, 0) is 0 Å². The first-order valence-electron chi connectivity index (χ1n) is 8.84. The van der Waals surface area contributed by atoms with Crippen LogP contribution in [0.1, 0.15) is 19.6 Å². The molecule has 0 bridgehead atoms. The van der Waals surface area contributed by atoms with Gasteiger partial charge in [0.2, 0.25) is 5.95 Å². The average Bonchev–Trinajstić information content (AvgIpc) is 3.28. The van der Waals surface area contributed by atoms with Crippen LogP contribution >= 0.6 is 0 Å². The number of nitrogens with zero attached hydrogens (tertiary/aromatic N) is 5. The third-order valence-electron chi connectivity index (χ3n) is 4.24. The molecule has 2 aromatic heterocycles. The predicted molar refractivity (Wildman–Crippen MR) is 104 cm³/mol. The summed E-state index contributed by atoms with van der Waals surface area (Å²) < 4.78 is 6.80. The van der Waals surface area contributed by atoms with Gasteiger partial charge in [0.05, 0.1) is 23.3 Å². The highest BCUT2D eigenvalue weighted by Gasteiger charge is 2.12. The number of nitrogens with one attached hydrogen (secondary N) is 1. The molecule has 0 aliphatic rings. The number of likely N-dealkylation sites (N-methyl/N-ethyl adjacent to an activating group) is 1. The Morgan fingerprint density at radius 3 is 2.78 bits per heavy atom. The number of nitro groups is 1. The van der Waals surface area contributed by atoms with Gasteiger partial charge in [-0.05, 0) is 31.3 Å². The minimum Gasteiger partial charge on any atom is -0.400 e. The van der Waals surface area contributed by atoms with Gasteiger partial charge in [-0.1, -0.05) is 26.0 Å². The van der Waals surface area contributed by atoms with E-state index < -0.39 is 4.92 Å². The largest absolute Gasteiger partial charge is 0.433 e. The van der Waals surface area contributed by atoms with Gasteiger partial charge in [-0.15, -0.1) is 0 Å². The molecule has 0 aliphatic heterocycles. The van der Waals surface area contributed by atoms with Crippen LogP contribution in [0, 0.1) is 10.1 Å². The lowest BCUT2D eigenvalue weighted by molar-refractivity contribution is -0.402. The number of fused-ring (bicyclic) bond motifs is 1. The maximum atomic E-state index is 10.7. The van der Waals surface area contributed by atoms with Crippen LogP contribution in [-0.4, -0.2) is 51.9 Å². The van der Waals surface area contributed by atoms with Gasteiger partial charge in [-0.25, -0.2) is 4.98 Å². The molecule has 0 radical (unpaired) electrons. The van der Waals surface area contributed by atoms with E-state index in [0.717, 1.165) is 37.2 Å². The molecule has 3 aromatic rings. The molecule has 0 atom stereocenters. The zero-order chi connectivity index (χ0) is 19.2. The highest BCUT2D eigenvalue weighted by Crippen LogP contribution is 2.20. The predicted octanol–water partition coefficient (Wildman–Crippen LogP) is 3.17. The number of hydrogen-bond acceptors (Lipinski definition) is 7. The van der Waals surface area contributed by atoms with E-state index in [-0.39, 0.29) is 5.88 Å².